The van der Waals surface area contributed by atoms with E-state index in [0.29, 0.717) is 0 Å². The van der Waals surface area contributed by atoms with E-state index in [4.69, 9.17) is 5.11 Å². The maximum absolute atomic E-state index is 11.2. The summed E-state index contributed by atoms with van der Waals surface area (Å²) in [4.78, 5) is 23.0. The second-order valence-corrected chi connectivity index (χ2v) is 2.97. The van der Waals surface area contributed by atoms with Crippen LogP contribution in [-0.2, 0) is 14.3 Å². The SMILES string of the molecule is O=C(O)COCC(=O)N1CCCC1. The highest BCUT2D eigenvalue weighted by atomic mass is 16.5. The van der Waals surface area contributed by atoms with E-state index in [2.05, 4.69) is 4.74 Å². The Bertz CT molecular complexity index is 198. The fourth-order valence-corrected chi connectivity index (χ4v) is 1.28. The van der Waals surface area contributed by atoms with Gasteiger partial charge in [-0.25, -0.2) is 4.79 Å². The molecule has 1 heterocycles. The quantitative estimate of drug-likeness (QED) is 0.656. The van der Waals surface area contributed by atoms with E-state index in [-0.39, 0.29) is 12.5 Å². The molecule has 0 aromatic rings. The number of amides is 1. The Balaban J connectivity index is 2.13. The molecular weight excluding hydrogens is 174 g/mol. The normalized spacial score (nSPS) is 16.2. The maximum atomic E-state index is 11.2. The minimum absolute atomic E-state index is 0.112. The van der Waals surface area contributed by atoms with Crippen molar-refractivity contribution in [1.29, 1.82) is 0 Å². The van der Waals surface area contributed by atoms with Crippen LogP contribution < -0.4 is 0 Å². The lowest BCUT2D eigenvalue weighted by atomic mass is 10.4. The summed E-state index contributed by atoms with van der Waals surface area (Å²) < 4.78 is 4.68. The lowest BCUT2D eigenvalue weighted by Gasteiger charge is -2.14. The first-order valence-electron chi connectivity index (χ1n) is 4.27. The zero-order chi connectivity index (χ0) is 9.68. The van der Waals surface area contributed by atoms with Crippen LogP contribution in [0.3, 0.4) is 0 Å². The van der Waals surface area contributed by atoms with Gasteiger partial charge in [0.25, 0.3) is 0 Å². The smallest absolute Gasteiger partial charge is 0.329 e. The Hall–Kier alpha value is -1.10. The second-order valence-electron chi connectivity index (χ2n) is 2.97. The van der Waals surface area contributed by atoms with Gasteiger partial charge in [0.05, 0.1) is 0 Å². The van der Waals surface area contributed by atoms with Crippen molar-refractivity contribution in [2.45, 2.75) is 12.8 Å². The number of likely N-dealkylation sites (tertiary alicyclic amines) is 1. The van der Waals surface area contributed by atoms with Crippen LogP contribution in [0.2, 0.25) is 0 Å². The van der Waals surface area contributed by atoms with Gasteiger partial charge in [-0.2, -0.15) is 0 Å². The number of carboxylic acids is 1. The summed E-state index contributed by atoms with van der Waals surface area (Å²) in [5, 5.41) is 8.24. The maximum Gasteiger partial charge on any atom is 0.329 e. The van der Waals surface area contributed by atoms with Crippen molar-refractivity contribution in [3.8, 4) is 0 Å². The first-order chi connectivity index (χ1) is 6.20. The summed E-state index contributed by atoms with van der Waals surface area (Å²) in [7, 11) is 0. The van der Waals surface area contributed by atoms with Crippen LogP contribution in [0.15, 0.2) is 0 Å². The summed E-state index contributed by atoms with van der Waals surface area (Å²) in [6, 6.07) is 0. The van der Waals surface area contributed by atoms with Gasteiger partial charge in [-0.3, -0.25) is 4.79 Å². The molecule has 0 spiro atoms. The molecular formula is C8H13NO4. The van der Waals surface area contributed by atoms with E-state index in [0.717, 1.165) is 25.9 Å². The molecule has 1 fully saturated rings. The Morgan fingerprint density at radius 1 is 1.23 bits per heavy atom. The van der Waals surface area contributed by atoms with Crippen LogP contribution in [0.4, 0.5) is 0 Å². The van der Waals surface area contributed by atoms with Crippen LogP contribution in [0, 0.1) is 0 Å². The number of rotatable bonds is 4. The molecule has 0 aromatic heterocycles. The largest absolute Gasteiger partial charge is 0.480 e. The minimum Gasteiger partial charge on any atom is -0.480 e. The number of carboxylic acid groups (broad SMARTS) is 1. The summed E-state index contributed by atoms with van der Waals surface area (Å²) in [6.45, 7) is 1.02. The van der Waals surface area contributed by atoms with Crippen molar-refractivity contribution in [3.63, 3.8) is 0 Å². The van der Waals surface area contributed by atoms with Gasteiger partial charge in [0, 0.05) is 13.1 Å². The number of aliphatic carboxylic acids is 1. The molecule has 0 aliphatic carbocycles. The Labute approximate surface area is 76.3 Å². The molecule has 13 heavy (non-hydrogen) atoms. The van der Waals surface area contributed by atoms with Gasteiger partial charge in [-0.05, 0) is 12.8 Å². The molecule has 0 bridgehead atoms. The molecule has 1 aliphatic rings. The summed E-state index contributed by atoms with van der Waals surface area (Å²) in [6.07, 6.45) is 2.06. The molecule has 1 rings (SSSR count). The fraction of sp³-hybridized carbons (Fsp3) is 0.750. The molecule has 5 heteroatoms. The number of nitrogens with zero attached hydrogens (tertiary/aromatic N) is 1. The fourth-order valence-electron chi connectivity index (χ4n) is 1.28. The van der Waals surface area contributed by atoms with Crippen molar-refractivity contribution >= 4 is 11.9 Å². The number of hydrogen-bond donors (Lipinski definition) is 1. The highest BCUT2D eigenvalue weighted by Crippen LogP contribution is 2.07. The topological polar surface area (TPSA) is 66.8 Å². The van der Waals surface area contributed by atoms with Crippen molar-refractivity contribution in [1.82, 2.24) is 4.90 Å². The van der Waals surface area contributed by atoms with Crippen LogP contribution in [-0.4, -0.2) is 48.2 Å². The summed E-state index contributed by atoms with van der Waals surface area (Å²) in [5.41, 5.74) is 0. The average Bonchev–Trinajstić information content (AvgIpc) is 2.55. The molecule has 0 radical (unpaired) electrons. The van der Waals surface area contributed by atoms with Gasteiger partial charge in [-0.1, -0.05) is 0 Å². The number of ether oxygens (including phenoxy) is 1. The highest BCUT2D eigenvalue weighted by molar-refractivity contribution is 5.78. The van der Waals surface area contributed by atoms with Gasteiger partial charge < -0.3 is 14.7 Å². The third-order valence-corrected chi connectivity index (χ3v) is 1.91. The average molecular weight is 187 g/mol. The van der Waals surface area contributed by atoms with Crippen LogP contribution in [0.1, 0.15) is 12.8 Å². The number of carbonyl (C=O) groups is 2. The Morgan fingerprint density at radius 2 is 1.85 bits per heavy atom. The minimum atomic E-state index is -1.05. The standard InChI is InChI=1S/C8H13NO4/c10-7(5-13-6-8(11)12)9-3-1-2-4-9/h1-6H2,(H,11,12). The van der Waals surface area contributed by atoms with Gasteiger partial charge in [-0.15, -0.1) is 0 Å². The first kappa shape index (κ1) is 9.98. The van der Waals surface area contributed by atoms with Gasteiger partial charge in [0.15, 0.2) is 0 Å². The molecule has 5 nitrogen and oxygen atoms in total. The summed E-state index contributed by atoms with van der Waals surface area (Å²) >= 11 is 0. The number of carbonyl (C=O) groups excluding carboxylic acids is 1. The molecule has 0 atom stereocenters. The molecule has 1 saturated heterocycles. The molecule has 1 N–H and O–H groups in total. The number of hydrogen-bond acceptors (Lipinski definition) is 3. The Morgan fingerprint density at radius 3 is 2.38 bits per heavy atom. The molecule has 1 aliphatic heterocycles. The van der Waals surface area contributed by atoms with E-state index in [1.165, 1.54) is 0 Å². The predicted molar refractivity (Wildman–Crippen MR) is 44.3 cm³/mol. The van der Waals surface area contributed by atoms with Crippen LogP contribution in [0.25, 0.3) is 0 Å². The second kappa shape index (κ2) is 4.81. The third-order valence-electron chi connectivity index (χ3n) is 1.91. The highest BCUT2D eigenvalue weighted by Gasteiger charge is 2.17. The molecule has 0 aromatic carbocycles. The van der Waals surface area contributed by atoms with E-state index < -0.39 is 12.6 Å². The van der Waals surface area contributed by atoms with Gasteiger partial charge in [0.1, 0.15) is 13.2 Å². The van der Waals surface area contributed by atoms with E-state index in [1.807, 2.05) is 0 Å². The van der Waals surface area contributed by atoms with Crippen molar-refractivity contribution in [2.75, 3.05) is 26.3 Å². The lowest BCUT2D eigenvalue weighted by Crippen LogP contribution is -2.31. The lowest BCUT2D eigenvalue weighted by molar-refractivity contribution is -0.145. The first-order valence-corrected chi connectivity index (χ1v) is 4.27. The van der Waals surface area contributed by atoms with E-state index >= 15 is 0 Å². The van der Waals surface area contributed by atoms with Gasteiger partial charge in [0.2, 0.25) is 5.91 Å². The van der Waals surface area contributed by atoms with Crippen molar-refractivity contribution in [2.24, 2.45) is 0 Å². The van der Waals surface area contributed by atoms with Crippen molar-refractivity contribution in [3.05, 3.63) is 0 Å². The van der Waals surface area contributed by atoms with E-state index in [1.54, 1.807) is 4.90 Å². The summed E-state index contributed by atoms with van der Waals surface area (Å²) in [5.74, 6) is -1.16. The molecule has 0 unspecified atom stereocenters. The monoisotopic (exact) mass is 187 g/mol. The van der Waals surface area contributed by atoms with Crippen LogP contribution >= 0.6 is 0 Å². The van der Waals surface area contributed by atoms with Crippen molar-refractivity contribution < 1.29 is 19.4 Å². The third kappa shape index (κ3) is 3.42. The van der Waals surface area contributed by atoms with E-state index in [9.17, 15) is 9.59 Å². The van der Waals surface area contributed by atoms with Crippen LogP contribution in [0.5, 0.6) is 0 Å². The van der Waals surface area contributed by atoms with Gasteiger partial charge >= 0.3 is 5.97 Å². The zero-order valence-corrected chi connectivity index (χ0v) is 7.36. The zero-order valence-electron chi connectivity index (χ0n) is 7.36. The predicted octanol–water partition coefficient (Wildman–Crippen LogP) is -0.290. The molecule has 1 amide bonds. The molecule has 0 saturated carbocycles. The Kier molecular flexibility index (Phi) is 3.70. The molecule has 74 valence electrons.